The van der Waals surface area contributed by atoms with Crippen LogP contribution in [0.1, 0.15) is 23.3 Å². The van der Waals surface area contributed by atoms with Crippen LogP contribution >= 0.6 is 0 Å². The summed E-state index contributed by atoms with van der Waals surface area (Å²) in [5, 5.41) is 3.25. The molecule has 2 aromatic heterocycles. The third-order valence-electron chi connectivity index (χ3n) is 7.12. The summed E-state index contributed by atoms with van der Waals surface area (Å²) in [5.41, 5.74) is 3.43. The first-order valence-electron chi connectivity index (χ1n) is 13.1. The van der Waals surface area contributed by atoms with Crippen LogP contribution in [0.3, 0.4) is 0 Å². The van der Waals surface area contributed by atoms with Crippen molar-refractivity contribution in [3.05, 3.63) is 53.4 Å². The van der Waals surface area contributed by atoms with Gasteiger partial charge in [-0.2, -0.15) is 4.31 Å². The first kappa shape index (κ1) is 26.6. The Balaban J connectivity index is 1.17. The minimum absolute atomic E-state index is 0.244. The number of rotatable bonds is 9. The number of sulfonamides is 1. The predicted molar refractivity (Wildman–Crippen MR) is 147 cm³/mol. The minimum atomic E-state index is -3.26. The van der Waals surface area contributed by atoms with E-state index in [1.165, 1.54) is 10.6 Å². The van der Waals surface area contributed by atoms with Gasteiger partial charge in [0.1, 0.15) is 17.2 Å². The van der Waals surface area contributed by atoms with Gasteiger partial charge >= 0.3 is 0 Å². The molecule has 0 radical (unpaired) electrons. The molecule has 0 aliphatic carbocycles. The van der Waals surface area contributed by atoms with Crippen LogP contribution in [0.15, 0.2) is 40.9 Å². The number of ether oxygens (including phenoxy) is 1. The van der Waals surface area contributed by atoms with Gasteiger partial charge in [0.05, 0.1) is 19.4 Å². The molecule has 0 bridgehead atoms. The van der Waals surface area contributed by atoms with E-state index >= 15 is 0 Å². The van der Waals surface area contributed by atoms with Gasteiger partial charge in [0.25, 0.3) is 0 Å². The number of nitrogens with zero attached hydrogens (tertiary/aromatic N) is 5. The van der Waals surface area contributed by atoms with E-state index in [1.807, 2.05) is 37.3 Å². The average molecular weight is 541 g/mol. The van der Waals surface area contributed by atoms with Crippen LogP contribution in [-0.4, -0.2) is 91.7 Å². The Morgan fingerprint density at radius 1 is 1.11 bits per heavy atom. The maximum Gasteiger partial charge on any atom is 0.227 e. The fourth-order valence-electron chi connectivity index (χ4n) is 4.76. The third kappa shape index (κ3) is 6.52. The second kappa shape index (κ2) is 11.4. The fourth-order valence-corrected chi connectivity index (χ4v) is 5.54. The van der Waals surface area contributed by atoms with Crippen molar-refractivity contribution >= 4 is 21.7 Å². The predicted octanol–water partition coefficient (Wildman–Crippen LogP) is 3.12. The zero-order chi connectivity index (χ0) is 26.7. The third-order valence-corrected chi connectivity index (χ3v) is 8.36. The molecule has 5 rings (SSSR count). The molecule has 2 aliphatic heterocycles. The van der Waals surface area contributed by atoms with Gasteiger partial charge in [0.2, 0.25) is 16.0 Å². The lowest BCUT2D eigenvalue weighted by atomic mass is 10.1. The van der Waals surface area contributed by atoms with E-state index in [0.717, 1.165) is 61.7 Å². The lowest BCUT2D eigenvalue weighted by Gasteiger charge is -2.32. The van der Waals surface area contributed by atoms with Crippen molar-refractivity contribution in [1.82, 2.24) is 24.1 Å². The Kier molecular flexibility index (Phi) is 7.98. The van der Waals surface area contributed by atoms with Crippen LogP contribution < -0.4 is 10.1 Å². The van der Waals surface area contributed by atoms with Crippen LogP contribution in [0.25, 0.3) is 11.5 Å². The van der Waals surface area contributed by atoms with Gasteiger partial charge in [0.15, 0.2) is 5.76 Å². The summed E-state index contributed by atoms with van der Waals surface area (Å²) in [5.74, 6) is 2.58. The Labute approximate surface area is 224 Å². The van der Waals surface area contributed by atoms with Crippen molar-refractivity contribution < 1.29 is 17.6 Å². The van der Waals surface area contributed by atoms with Crippen LogP contribution in [0.2, 0.25) is 0 Å². The molecule has 1 saturated heterocycles. The number of nitrogens with one attached hydrogen (secondary N) is 1. The lowest BCUT2D eigenvalue weighted by Crippen LogP contribution is -2.44. The number of hydrogen-bond donors (Lipinski definition) is 1. The number of furan rings is 1. The minimum Gasteiger partial charge on any atom is -0.494 e. The number of aryl methyl sites for hydroxylation is 1. The summed E-state index contributed by atoms with van der Waals surface area (Å²) in [6.45, 7) is 8.91. The lowest BCUT2D eigenvalue weighted by molar-refractivity contribution is 0.145. The Bertz CT molecular complexity index is 1350. The Morgan fingerprint density at radius 2 is 1.87 bits per heavy atom. The van der Waals surface area contributed by atoms with Gasteiger partial charge in [0, 0.05) is 51.2 Å². The maximum atomic E-state index is 11.9. The van der Waals surface area contributed by atoms with Gasteiger partial charge in [-0.05, 0) is 68.3 Å². The summed E-state index contributed by atoms with van der Waals surface area (Å²) < 4.78 is 37.3. The van der Waals surface area contributed by atoms with Gasteiger partial charge < -0.3 is 24.3 Å². The van der Waals surface area contributed by atoms with Gasteiger partial charge in [-0.3, -0.25) is 0 Å². The summed E-state index contributed by atoms with van der Waals surface area (Å²) in [7, 11) is -1.09. The van der Waals surface area contributed by atoms with Crippen LogP contribution in [0, 0.1) is 6.92 Å². The van der Waals surface area contributed by atoms with Crippen molar-refractivity contribution in [2.24, 2.45) is 0 Å². The van der Waals surface area contributed by atoms with Crippen LogP contribution in [-0.2, 0) is 23.0 Å². The normalized spacial score (nSPS) is 17.3. The second-order valence-corrected chi connectivity index (χ2v) is 12.1. The van der Waals surface area contributed by atoms with Crippen LogP contribution in [0.4, 0.5) is 11.6 Å². The highest BCUT2D eigenvalue weighted by Gasteiger charge is 2.27. The summed E-state index contributed by atoms with van der Waals surface area (Å²) in [6, 6.07) is 9.75. The SMILES string of the molecule is Cc1cnc(Nc2ccc(OCCCN3CCN(C)CC3)cc2)nc1-c1cc2c(o1)CN(S(C)(=O)=O)CC2. The summed E-state index contributed by atoms with van der Waals surface area (Å²) >= 11 is 0. The standard InChI is InChI=1S/C27H36N6O4S/c1-20-18-28-27(30-26(20)24-17-21-9-11-33(38(3,34)35)19-25(21)37-24)29-22-5-7-23(8-6-22)36-16-4-10-32-14-12-31(2)13-15-32/h5-8,17-18H,4,9-16,19H2,1-3H3,(H,28,29,30). The molecule has 38 heavy (non-hydrogen) atoms. The van der Waals surface area contributed by atoms with Crippen LogP contribution in [0.5, 0.6) is 5.75 Å². The molecule has 1 fully saturated rings. The number of aromatic nitrogens is 2. The van der Waals surface area contributed by atoms with Gasteiger partial charge in [-0.1, -0.05) is 0 Å². The molecular formula is C27H36N6O4S. The monoisotopic (exact) mass is 540 g/mol. The zero-order valence-electron chi connectivity index (χ0n) is 22.3. The average Bonchev–Trinajstić information content (AvgIpc) is 3.32. The molecule has 0 unspecified atom stereocenters. The molecule has 1 N–H and O–H groups in total. The molecule has 204 valence electrons. The smallest absolute Gasteiger partial charge is 0.227 e. The van der Waals surface area contributed by atoms with Crippen molar-refractivity contribution in [2.45, 2.75) is 26.3 Å². The Hall–Kier alpha value is -2.99. The summed E-state index contributed by atoms with van der Waals surface area (Å²) in [4.78, 5) is 14.0. The molecular weight excluding hydrogens is 504 g/mol. The maximum absolute atomic E-state index is 11.9. The number of fused-ring (bicyclic) bond motifs is 1. The molecule has 0 atom stereocenters. The van der Waals surface area contributed by atoms with E-state index < -0.39 is 10.0 Å². The molecule has 10 nitrogen and oxygen atoms in total. The van der Waals surface area contributed by atoms with Crippen molar-refractivity contribution in [3.63, 3.8) is 0 Å². The topological polar surface area (TPSA) is 104 Å². The summed E-state index contributed by atoms with van der Waals surface area (Å²) in [6.07, 6.45) is 4.60. The second-order valence-electron chi connectivity index (χ2n) is 10.1. The largest absolute Gasteiger partial charge is 0.494 e. The van der Waals surface area contributed by atoms with Crippen molar-refractivity contribution in [2.75, 3.05) is 64.5 Å². The molecule has 11 heteroatoms. The Morgan fingerprint density at radius 3 is 2.61 bits per heavy atom. The van der Waals surface area contributed by atoms with Crippen molar-refractivity contribution in [1.29, 1.82) is 0 Å². The molecule has 4 heterocycles. The highest BCUT2D eigenvalue weighted by atomic mass is 32.2. The highest BCUT2D eigenvalue weighted by Crippen LogP contribution is 2.31. The molecule has 3 aromatic rings. The molecule has 0 spiro atoms. The fraction of sp³-hybridized carbons (Fsp3) is 0.481. The molecule has 2 aliphatic rings. The van der Waals surface area contributed by atoms with E-state index in [4.69, 9.17) is 14.1 Å². The number of piperazine rings is 1. The molecule has 0 amide bonds. The number of hydrogen-bond acceptors (Lipinski definition) is 9. The van der Waals surface area contributed by atoms with Crippen molar-refractivity contribution in [3.8, 4) is 17.2 Å². The number of likely N-dealkylation sites (N-methyl/N-ethyl adjacent to an activating group) is 1. The zero-order valence-corrected chi connectivity index (χ0v) is 23.1. The first-order valence-corrected chi connectivity index (χ1v) is 14.9. The number of anilines is 2. The van der Waals surface area contributed by atoms with E-state index in [0.29, 0.717) is 42.7 Å². The first-order chi connectivity index (χ1) is 18.2. The van der Waals surface area contributed by atoms with E-state index in [-0.39, 0.29) is 6.54 Å². The number of benzene rings is 1. The molecule has 0 saturated carbocycles. The van der Waals surface area contributed by atoms with E-state index in [1.54, 1.807) is 6.20 Å². The van der Waals surface area contributed by atoms with E-state index in [9.17, 15) is 8.42 Å². The van der Waals surface area contributed by atoms with E-state index in [2.05, 4.69) is 27.1 Å². The highest BCUT2D eigenvalue weighted by molar-refractivity contribution is 7.88. The molecule has 1 aromatic carbocycles. The van der Waals surface area contributed by atoms with Gasteiger partial charge in [-0.15, -0.1) is 0 Å². The quantitative estimate of drug-likeness (QED) is 0.410. The van der Waals surface area contributed by atoms with Gasteiger partial charge in [-0.25, -0.2) is 18.4 Å².